The van der Waals surface area contributed by atoms with Gasteiger partial charge in [0.15, 0.2) is 0 Å². The van der Waals surface area contributed by atoms with Crippen molar-refractivity contribution < 1.29 is 110 Å². The number of carbonyl (C=O) groups excluding carboxylic acids is 3. The van der Waals surface area contributed by atoms with Crippen LogP contribution >= 0.6 is 57.6 Å². The largest absolute Gasteiger partial charge is 1.00 e. The number of esters is 3. The molecule has 22 nitrogen and oxygen atoms in total. The molecule has 0 aliphatic heterocycles. The van der Waals surface area contributed by atoms with Crippen molar-refractivity contribution in [3.63, 3.8) is 0 Å². The number of fused-ring (bicyclic) bond motifs is 4. The summed E-state index contributed by atoms with van der Waals surface area (Å²) in [7, 11) is -1.40. The maximum atomic E-state index is 12.0. The molecule has 4 heterocycles. The van der Waals surface area contributed by atoms with Crippen LogP contribution < -0.4 is 51.0 Å². The Hall–Kier alpha value is -11.0. The zero-order valence-electron chi connectivity index (χ0n) is 75.9. The molecule has 0 aliphatic carbocycles. The normalized spacial score (nSPS) is 10.6. The molecule has 0 bridgehead atoms. The van der Waals surface area contributed by atoms with Crippen molar-refractivity contribution in [3.8, 4) is 39.5 Å². The van der Waals surface area contributed by atoms with Crippen molar-refractivity contribution in [1.29, 1.82) is 0 Å². The summed E-state index contributed by atoms with van der Waals surface area (Å²) in [5.74, 6) is 3.35. The molecule has 0 saturated heterocycles. The Morgan fingerprint density at radius 1 is 0.389 bits per heavy atom. The maximum absolute atomic E-state index is 12.0. The third kappa shape index (κ3) is 31.6. The first-order valence-electron chi connectivity index (χ1n) is 42.2. The summed E-state index contributed by atoms with van der Waals surface area (Å²) in [6.45, 7) is 24.4. The standard InChI is InChI=1S/C28H29NO4.C26H25NO4.C22H23IO3.C11H14O3.C10H9IO2.C7H10BNO2.ClH.Li.H2O/c1-4-31-27(30)15-23-9-8-18(2)10-26(23)32-17-21-13-24-11-19(3)33-28(24)25(14-21)22-7-5-6-20(12-22)16-29;1-16-6-7-21(13-25(28)29)24(8-16)30-15-19-11-22-9-17(2)31-26(22)23(12-19)20-5-3-4-18(10-20)14-27;1-4-25-21(24)13-18-7-5-14(2)9-17(18)8-6-16-11-19-10-15(3)26-22(19)20(23)12-16;1-3-14-11(13)7-9-5-4-8(2)6-10(9)12;1-6-2-8-3-7(5-12)4-9(11)10(8)13-6;9-5-6-2-1-3-7(4-6)8(10)11;;;/h5-14H,4,15-17,29H2,1-3H3;3-12H,13-15,27H2,1-2H3,(H,28,29);5,7,9-12H,4,6,8,13H2,1-3H3;4-6,12H,3,7H2,1-2H3;2-4,12H,5H2,1H3;1-4,10-11H,5,9H2;1H;;1H2/q;;;;;;;+1;/p-1. The first kappa shape index (κ1) is 107. The SMILES string of the molecule is CCOC(=O)Cc1ccc(C)cc1CCc1cc(I)c2oc(C)cc2c1.CCOC(=O)Cc1ccc(C)cc1O.CCOC(=O)Cc1ccc(C)cc1OCc1cc(-c2cccc(CN)c2)c2oc(C)cc2c1.Cc1cc2cc(CO)cc(I)c2o1.Cc1ccc(CC(=O)O)c(OCc2cc(-c3cccc(CN)c3)c3oc(C)cc3c2)c1.Cl.NCc1cccc(B(O)O)c1.[Li+].[OH-]. The third-order valence-corrected chi connectivity index (χ3v) is 22.1. The molecule has 4 aromatic heterocycles. The molecule has 0 radical (unpaired) electrons. The van der Waals surface area contributed by atoms with Crippen LogP contribution in [0.3, 0.4) is 0 Å². The van der Waals surface area contributed by atoms with Gasteiger partial charge >= 0.3 is 49.9 Å². The summed E-state index contributed by atoms with van der Waals surface area (Å²) in [6.07, 6.45) is 2.39. The van der Waals surface area contributed by atoms with Crippen molar-refractivity contribution >= 4 is 138 Å². The van der Waals surface area contributed by atoms with Crippen LogP contribution in [-0.2, 0) is 111 Å². The summed E-state index contributed by atoms with van der Waals surface area (Å²) in [5.41, 5.74) is 41.0. The summed E-state index contributed by atoms with van der Waals surface area (Å²) in [4.78, 5) is 46.2. The number of hydrogen-bond acceptors (Lipinski definition) is 21. The number of aryl methyl sites for hydroxylation is 10. The van der Waals surface area contributed by atoms with Gasteiger partial charge in [-0.05, 0) is 321 Å². The number of carboxylic acids is 1. The van der Waals surface area contributed by atoms with Gasteiger partial charge in [-0.15, -0.1) is 12.4 Å². The topological polar surface area (TPSA) is 376 Å². The second-order valence-corrected chi connectivity index (χ2v) is 33.4. The minimum absolute atomic E-state index is 0. The number of aliphatic carboxylic acids is 1. The third-order valence-electron chi connectivity index (χ3n) is 20.5. The van der Waals surface area contributed by atoms with Crippen LogP contribution in [0.2, 0.25) is 0 Å². The van der Waals surface area contributed by atoms with Gasteiger partial charge in [0.1, 0.15) is 75.8 Å². The minimum Gasteiger partial charge on any atom is -0.870 e. The quantitative estimate of drug-likeness (QED) is 0.0103. The van der Waals surface area contributed by atoms with E-state index >= 15 is 0 Å². The fraction of sp³-hybridized carbons (Fsp3) is 0.250. The number of nitrogens with two attached hydrogens (primary N) is 3. The Morgan fingerprint density at radius 2 is 0.756 bits per heavy atom. The summed E-state index contributed by atoms with van der Waals surface area (Å²) >= 11 is 4.55. The summed E-state index contributed by atoms with van der Waals surface area (Å²) < 4.78 is 52.8. The van der Waals surface area contributed by atoms with Crippen LogP contribution in [0.1, 0.15) is 133 Å². The first-order valence-corrected chi connectivity index (χ1v) is 44.4. The number of benzene rings is 11. The fourth-order valence-corrected chi connectivity index (χ4v) is 16.1. The molecule has 0 saturated carbocycles. The van der Waals surface area contributed by atoms with Crippen molar-refractivity contribution in [2.45, 2.75) is 154 Å². The number of rotatable bonds is 27. The molecule has 0 spiro atoms. The van der Waals surface area contributed by atoms with E-state index in [4.69, 9.17) is 73.7 Å². The van der Waals surface area contributed by atoms with Crippen LogP contribution in [0.5, 0.6) is 17.2 Å². The van der Waals surface area contributed by atoms with E-state index < -0.39 is 13.1 Å². The number of furan rings is 4. The molecule has 27 heteroatoms. The van der Waals surface area contributed by atoms with Gasteiger partial charge in [0.2, 0.25) is 0 Å². The molecule has 0 aliphatic rings. The zero-order chi connectivity index (χ0) is 92.3. The zero-order valence-corrected chi connectivity index (χ0v) is 81.0. The number of phenolic OH excluding ortho intramolecular Hbond substituents is 1. The molecular weight excluding hydrogens is 1900 g/mol. The van der Waals surface area contributed by atoms with Gasteiger partial charge in [-0.2, -0.15) is 0 Å². The van der Waals surface area contributed by atoms with E-state index in [0.717, 1.165) is 170 Å². The molecule has 0 amide bonds. The van der Waals surface area contributed by atoms with Crippen LogP contribution in [0.4, 0.5) is 0 Å². The number of carboxylic acid groups (broad SMARTS) is 1. The second kappa shape index (κ2) is 52.3. The van der Waals surface area contributed by atoms with Gasteiger partial charge in [0.25, 0.3) is 0 Å². The van der Waals surface area contributed by atoms with E-state index in [0.29, 0.717) is 87.2 Å². The van der Waals surface area contributed by atoms with Crippen molar-refractivity contribution in [1.82, 2.24) is 0 Å². The predicted molar refractivity (Wildman–Crippen MR) is 530 cm³/mol. The Balaban J connectivity index is 0.000000223. The first-order chi connectivity index (χ1) is 61.4. The monoisotopic (exact) mass is 2010 g/mol. The molecule has 0 unspecified atom stereocenters. The maximum Gasteiger partial charge on any atom is 1.00 e. The van der Waals surface area contributed by atoms with Gasteiger partial charge in [-0.25, -0.2) is 0 Å². The molecule has 0 atom stereocenters. The van der Waals surface area contributed by atoms with Gasteiger partial charge in [0, 0.05) is 69.0 Å². The molecule has 131 heavy (non-hydrogen) atoms. The summed E-state index contributed by atoms with van der Waals surface area (Å²) in [6, 6.07) is 70.8. The van der Waals surface area contributed by atoms with Crippen LogP contribution in [0.25, 0.3) is 66.1 Å². The average molecular weight is 2020 g/mol. The number of aromatic hydroxyl groups is 1. The Kier molecular flexibility index (Phi) is 42.7. The summed E-state index contributed by atoms with van der Waals surface area (Å²) in [5, 5.41) is 49.5. The molecule has 11 aromatic carbocycles. The molecule has 12 N–H and O–H groups in total. The van der Waals surface area contributed by atoms with Crippen LogP contribution in [0.15, 0.2) is 236 Å². The van der Waals surface area contributed by atoms with E-state index in [1.54, 1.807) is 44.2 Å². The molecular formula is C104H112BClI2LiN3O19. The van der Waals surface area contributed by atoms with Crippen molar-refractivity contribution in [2.24, 2.45) is 17.2 Å². The number of ether oxygens (including phenoxy) is 5. The van der Waals surface area contributed by atoms with Crippen molar-refractivity contribution in [2.75, 3.05) is 19.8 Å². The minimum atomic E-state index is -1.40. The second-order valence-electron chi connectivity index (χ2n) is 31.1. The molecule has 15 rings (SSSR count). The number of hydrogen-bond donors (Lipinski definition) is 8. The van der Waals surface area contributed by atoms with Gasteiger partial charge in [-0.1, -0.05) is 121 Å². The van der Waals surface area contributed by atoms with Gasteiger partial charge < -0.3 is 89.4 Å². The Morgan fingerprint density at radius 3 is 1.18 bits per heavy atom. The van der Waals surface area contributed by atoms with E-state index in [9.17, 15) is 29.4 Å². The average Bonchev–Trinajstić information content (AvgIpc) is 1.66. The number of phenols is 1. The number of carbonyl (C=O) groups is 4. The predicted octanol–water partition coefficient (Wildman–Crippen LogP) is 17.5. The van der Waals surface area contributed by atoms with Gasteiger partial charge in [-0.3, -0.25) is 19.2 Å². The Labute approximate surface area is 809 Å². The number of halogens is 3. The molecule has 682 valence electrons. The van der Waals surface area contributed by atoms with Crippen LogP contribution in [-0.4, -0.2) is 81.7 Å². The number of aliphatic hydroxyl groups excluding tert-OH is 1. The molecule has 15 aromatic rings. The smallest absolute Gasteiger partial charge is 0.870 e. The van der Waals surface area contributed by atoms with Crippen molar-refractivity contribution in [3.05, 3.63) is 338 Å². The fourth-order valence-electron chi connectivity index (χ4n) is 14.5. The van der Waals surface area contributed by atoms with E-state index in [2.05, 4.69) is 125 Å². The van der Waals surface area contributed by atoms with E-state index in [-0.39, 0.29) is 86.3 Å². The Bertz CT molecular complexity index is 6360. The van der Waals surface area contributed by atoms with E-state index in [1.807, 2.05) is 171 Å². The molecule has 0 fully saturated rings. The van der Waals surface area contributed by atoms with E-state index in [1.165, 1.54) is 16.7 Å². The number of aliphatic hydroxyl groups is 1. The van der Waals surface area contributed by atoms with Gasteiger partial charge in [0.05, 0.1) is 59.3 Å². The van der Waals surface area contributed by atoms with Crippen LogP contribution in [0, 0.1) is 62.5 Å².